The maximum atomic E-state index is 12.5. The number of carbonyl (C=O) groups is 3. The van der Waals surface area contributed by atoms with Crippen LogP contribution < -0.4 is 10.2 Å². The Hall–Kier alpha value is -2.37. The molecule has 1 aromatic carbocycles. The molecule has 0 atom stereocenters. The van der Waals surface area contributed by atoms with E-state index in [-0.39, 0.29) is 36.5 Å². The largest absolute Gasteiger partial charge is 0.466 e. The van der Waals surface area contributed by atoms with Crippen molar-refractivity contribution >= 4 is 29.2 Å². The van der Waals surface area contributed by atoms with E-state index < -0.39 is 0 Å². The Balaban J connectivity index is 1.65. The van der Waals surface area contributed by atoms with Crippen LogP contribution in [0.3, 0.4) is 0 Å². The number of aryl methyl sites for hydroxylation is 1. The fraction of sp³-hybridized carbons (Fsp3) is 0.526. The standard InChI is InChI=1S/C19H24N2O4/c1-2-25-18(23)10-9-17(22)20-15-8-7-13-4-3-11-21(16(13)12-15)19(24)14-5-6-14/h7-8,12,14H,2-6,9-11H2,1H3,(H,20,22). The molecule has 134 valence electrons. The zero-order valence-corrected chi connectivity index (χ0v) is 14.5. The molecule has 1 heterocycles. The zero-order valence-electron chi connectivity index (χ0n) is 14.5. The monoisotopic (exact) mass is 344 g/mol. The van der Waals surface area contributed by atoms with Gasteiger partial charge in [0.15, 0.2) is 0 Å². The van der Waals surface area contributed by atoms with E-state index in [1.54, 1.807) is 6.92 Å². The first-order valence-corrected chi connectivity index (χ1v) is 8.98. The molecular weight excluding hydrogens is 320 g/mol. The highest BCUT2D eigenvalue weighted by Crippen LogP contribution is 2.36. The molecule has 1 saturated carbocycles. The third-order valence-electron chi connectivity index (χ3n) is 4.54. The number of hydrogen-bond donors (Lipinski definition) is 1. The second-order valence-electron chi connectivity index (χ2n) is 6.56. The van der Waals surface area contributed by atoms with Gasteiger partial charge in [0.2, 0.25) is 11.8 Å². The van der Waals surface area contributed by atoms with Crippen molar-refractivity contribution in [1.82, 2.24) is 0 Å². The van der Waals surface area contributed by atoms with Crippen LogP contribution in [0.5, 0.6) is 0 Å². The van der Waals surface area contributed by atoms with Gasteiger partial charge in [0, 0.05) is 30.3 Å². The number of rotatable bonds is 6. The molecule has 1 N–H and O–H groups in total. The van der Waals surface area contributed by atoms with Gasteiger partial charge in [-0.1, -0.05) is 6.07 Å². The van der Waals surface area contributed by atoms with Gasteiger partial charge in [0.05, 0.1) is 13.0 Å². The highest BCUT2D eigenvalue weighted by Gasteiger charge is 2.35. The first kappa shape index (κ1) is 17.5. The van der Waals surface area contributed by atoms with Gasteiger partial charge in [-0.05, 0) is 50.3 Å². The summed E-state index contributed by atoms with van der Waals surface area (Å²) in [7, 11) is 0. The van der Waals surface area contributed by atoms with Crippen molar-refractivity contribution in [3.05, 3.63) is 23.8 Å². The van der Waals surface area contributed by atoms with Crippen LogP contribution in [0.1, 0.15) is 44.6 Å². The SMILES string of the molecule is CCOC(=O)CCC(=O)Nc1ccc2c(c1)N(C(=O)C1CC1)CCC2. The Bertz CT molecular complexity index is 682. The Kier molecular flexibility index (Phi) is 5.36. The summed E-state index contributed by atoms with van der Waals surface area (Å²) in [6.07, 6.45) is 4.03. The summed E-state index contributed by atoms with van der Waals surface area (Å²) in [6, 6.07) is 5.70. The van der Waals surface area contributed by atoms with Crippen molar-refractivity contribution < 1.29 is 19.1 Å². The van der Waals surface area contributed by atoms with Crippen LogP contribution in [0.4, 0.5) is 11.4 Å². The molecule has 0 saturated heterocycles. The fourth-order valence-corrected chi connectivity index (χ4v) is 3.10. The van der Waals surface area contributed by atoms with Crippen molar-refractivity contribution in [3.8, 4) is 0 Å². The van der Waals surface area contributed by atoms with Crippen molar-refractivity contribution in [1.29, 1.82) is 0 Å². The molecule has 1 aliphatic carbocycles. The molecule has 3 rings (SSSR count). The highest BCUT2D eigenvalue weighted by atomic mass is 16.5. The molecule has 0 aromatic heterocycles. The summed E-state index contributed by atoms with van der Waals surface area (Å²) in [4.78, 5) is 37.7. The number of ether oxygens (including phenoxy) is 1. The number of esters is 1. The number of anilines is 2. The second kappa shape index (κ2) is 7.68. The quantitative estimate of drug-likeness (QED) is 0.805. The van der Waals surface area contributed by atoms with Crippen LogP contribution in [0.2, 0.25) is 0 Å². The molecule has 6 heteroatoms. The summed E-state index contributed by atoms with van der Waals surface area (Å²) < 4.78 is 4.82. The van der Waals surface area contributed by atoms with Gasteiger partial charge in [-0.2, -0.15) is 0 Å². The molecular formula is C19H24N2O4. The molecule has 25 heavy (non-hydrogen) atoms. The van der Waals surface area contributed by atoms with Gasteiger partial charge < -0.3 is 15.0 Å². The summed E-state index contributed by atoms with van der Waals surface area (Å²) in [5, 5.41) is 2.81. The van der Waals surface area contributed by atoms with Crippen molar-refractivity contribution in [3.63, 3.8) is 0 Å². The average Bonchev–Trinajstić information content (AvgIpc) is 3.44. The molecule has 6 nitrogen and oxygen atoms in total. The summed E-state index contributed by atoms with van der Waals surface area (Å²) in [6.45, 7) is 2.79. The van der Waals surface area contributed by atoms with Crippen LogP contribution >= 0.6 is 0 Å². The van der Waals surface area contributed by atoms with Gasteiger partial charge in [-0.3, -0.25) is 14.4 Å². The molecule has 1 aromatic rings. The lowest BCUT2D eigenvalue weighted by atomic mass is 10.0. The normalized spacial score (nSPS) is 16.1. The number of carbonyl (C=O) groups excluding carboxylic acids is 3. The van der Waals surface area contributed by atoms with E-state index >= 15 is 0 Å². The molecule has 2 amide bonds. The van der Waals surface area contributed by atoms with E-state index in [9.17, 15) is 14.4 Å². The molecule has 1 fully saturated rings. The number of fused-ring (bicyclic) bond motifs is 1. The summed E-state index contributed by atoms with van der Waals surface area (Å²) >= 11 is 0. The van der Waals surface area contributed by atoms with E-state index in [4.69, 9.17) is 4.74 Å². The second-order valence-corrected chi connectivity index (χ2v) is 6.56. The van der Waals surface area contributed by atoms with Crippen LogP contribution in [0, 0.1) is 5.92 Å². The Morgan fingerprint density at radius 2 is 2.04 bits per heavy atom. The van der Waals surface area contributed by atoms with E-state index in [0.29, 0.717) is 12.3 Å². The molecule has 0 spiro atoms. The lowest BCUT2D eigenvalue weighted by Crippen LogP contribution is -2.36. The first-order chi connectivity index (χ1) is 12.1. The Labute approximate surface area is 147 Å². The lowest BCUT2D eigenvalue weighted by molar-refractivity contribution is -0.144. The maximum Gasteiger partial charge on any atom is 0.306 e. The van der Waals surface area contributed by atoms with Gasteiger partial charge in [0.1, 0.15) is 0 Å². The molecule has 2 aliphatic rings. The summed E-state index contributed by atoms with van der Waals surface area (Å²) in [5.41, 5.74) is 2.71. The van der Waals surface area contributed by atoms with E-state index in [1.165, 1.54) is 0 Å². The molecule has 1 aliphatic heterocycles. The predicted octanol–water partition coefficient (Wildman–Crippen LogP) is 2.66. The zero-order chi connectivity index (χ0) is 17.8. The van der Waals surface area contributed by atoms with Gasteiger partial charge >= 0.3 is 5.97 Å². The third-order valence-corrected chi connectivity index (χ3v) is 4.54. The topological polar surface area (TPSA) is 75.7 Å². The Morgan fingerprint density at radius 3 is 2.76 bits per heavy atom. The molecule has 0 bridgehead atoms. The van der Waals surface area contributed by atoms with E-state index in [0.717, 1.165) is 43.5 Å². The van der Waals surface area contributed by atoms with Crippen LogP contribution in [0.15, 0.2) is 18.2 Å². The van der Waals surface area contributed by atoms with Crippen LogP contribution in [0.25, 0.3) is 0 Å². The summed E-state index contributed by atoms with van der Waals surface area (Å²) in [5.74, 6) is -0.228. The predicted molar refractivity (Wildman–Crippen MR) is 94.3 cm³/mol. The average molecular weight is 344 g/mol. The van der Waals surface area contributed by atoms with E-state index in [2.05, 4.69) is 5.32 Å². The maximum absolute atomic E-state index is 12.5. The molecule has 0 unspecified atom stereocenters. The van der Waals surface area contributed by atoms with Gasteiger partial charge in [-0.15, -0.1) is 0 Å². The smallest absolute Gasteiger partial charge is 0.306 e. The minimum Gasteiger partial charge on any atom is -0.466 e. The number of nitrogens with one attached hydrogen (secondary N) is 1. The van der Waals surface area contributed by atoms with Crippen LogP contribution in [-0.4, -0.2) is 30.9 Å². The minimum atomic E-state index is -0.371. The Morgan fingerprint density at radius 1 is 1.24 bits per heavy atom. The van der Waals surface area contributed by atoms with Crippen LogP contribution in [-0.2, 0) is 25.5 Å². The van der Waals surface area contributed by atoms with Gasteiger partial charge in [0.25, 0.3) is 0 Å². The fourth-order valence-electron chi connectivity index (χ4n) is 3.10. The number of amides is 2. The highest BCUT2D eigenvalue weighted by molar-refractivity contribution is 5.99. The van der Waals surface area contributed by atoms with Crippen molar-refractivity contribution in [2.24, 2.45) is 5.92 Å². The third kappa shape index (κ3) is 4.38. The van der Waals surface area contributed by atoms with Crippen molar-refractivity contribution in [2.45, 2.75) is 45.4 Å². The van der Waals surface area contributed by atoms with E-state index in [1.807, 2.05) is 23.1 Å². The van der Waals surface area contributed by atoms with Crippen molar-refractivity contribution in [2.75, 3.05) is 23.4 Å². The number of nitrogens with zero attached hydrogens (tertiary/aromatic N) is 1. The molecule has 0 radical (unpaired) electrons. The number of hydrogen-bond acceptors (Lipinski definition) is 4. The first-order valence-electron chi connectivity index (χ1n) is 8.98. The number of benzene rings is 1. The lowest BCUT2D eigenvalue weighted by Gasteiger charge is -2.30. The minimum absolute atomic E-state index is 0.0664. The van der Waals surface area contributed by atoms with Gasteiger partial charge in [-0.25, -0.2) is 0 Å².